The van der Waals surface area contributed by atoms with Crippen LogP contribution in [0.15, 0.2) is 63.7 Å². The van der Waals surface area contributed by atoms with Crippen LogP contribution in [0.3, 0.4) is 0 Å². The normalized spacial score (nSPS) is 14.6. The van der Waals surface area contributed by atoms with Gasteiger partial charge in [0, 0.05) is 47.8 Å². The summed E-state index contributed by atoms with van der Waals surface area (Å²) in [6.07, 6.45) is 4.93. The number of amides is 1. The summed E-state index contributed by atoms with van der Waals surface area (Å²) >= 11 is 10.4. The van der Waals surface area contributed by atoms with Gasteiger partial charge in [0.2, 0.25) is 5.91 Å². The summed E-state index contributed by atoms with van der Waals surface area (Å²) in [6, 6.07) is 11.6. The van der Waals surface area contributed by atoms with Crippen molar-refractivity contribution in [3.63, 3.8) is 0 Å². The molecule has 35 heavy (non-hydrogen) atoms. The van der Waals surface area contributed by atoms with Crippen molar-refractivity contribution in [3.05, 3.63) is 69.8 Å². The van der Waals surface area contributed by atoms with E-state index in [1.165, 1.54) is 11.3 Å². The molecule has 10 heteroatoms. The highest BCUT2D eigenvalue weighted by atomic mass is 79.9. The van der Waals surface area contributed by atoms with Gasteiger partial charge in [0.1, 0.15) is 5.75 Å². The van der Waals surface area contributed by atoms with E-state index in [9.17, 15) is 9.90 Å². The molecule has 1 aliphatic rings. The number of halogens is 1. The lowest BCUT2D eigenvalue weighted by Crippen LogP contribution is -2.45. The maximum absolute atomic E-state index is 12.5. The molecule has 0 atom stereocenters. The fourth-order valence-electron chi connectivity index (χ4n) is 3.86. The molecule has 1 amide bonds. The lowest BCUT2D eigenvalue weighted by atomic mass is 9.96. The average Bonchev–Trinajstić information content (AvgIpc) is 3.28. The number of hydrogen-bond donors (Lipinski definition) is 3. The van der Waals surface area contributed by atoms with Crippen LogP contribution in [0, 0.1) is 5.92 Å². The Morgan fingerprint density at radius 3 is 2.71 bits per heavy atom. The van der Waals surface area contributed by atoms with Gasteiger partial charge in [-0.05, 0) is 61.3 Å². The molecule has 0 spiro atoms. The minimum atomic E-state index is -0.0317. The summed E-state index contributed by atoms with van der Waals surface area (Å²) < 4.78 is 0.988. The Morgan fingerprint density at radius 1 is 1.29 bits per heavy atom. The van der Waals surface area contributed by atoms with Gasteiger partial charge >= 0.3 is 0 Å². The van der Waals surface area contributed by atoms with Crippen LogP contribution in [-0.2, 0) is 11.3 Å². The highest BCUT2D eigenvalue weighted by Crippen LogP contribution is 2.39. The molecule has 182 valence electrons. The van der Waals surface area contributed by atoms with Gasteiger partial charge in [-0.1, -0.05) is 34.1 Å². The van der Waals surface area contributed by atoms with Crippen molar-refractivity contribution in [2.75, 3.05) is 13.1 Å². The van der Waals surface area contributed by atoms with Crippen molar-refractivity contribution in [1.82, 2.24) is 20.6 Å². The Hall–Kier alpha value is -2.82. The van der Waals surface area contributed by atoms with E-state index in [0.717, 1.165) is 33.3 Å². The van der Waals surface area contributed by atoms with Crippen LogP contribution in [-0.4, -0.2) is 44.8 Å². The van der Waals surface area contributed by atoms with Gasteiger partial charge in [0.15, 0.2) is 5.11 Å². The maximum atomic E-state index is 12.5. The summed E-state index contributed by atoms with van der Waals surface area (Å²) in [7, 11) is 0. The van der Waals surface area contributed by atoms with E-state index in [-0.39, 0.29) is 17.6 Å². The largest absolute Gasteiger partial charge is 0.506 e. The van der Waals surface area contributed by atoms with Crippen LogP contribution in [0.25, 0.3) is 10.4 Å². The number of aromatic hydroxyl groups is 1. The summed E-state index contributed by atoms with van der Waals surface area (Å²) in [5.74, 6) is 0.246. The Bertz CT molecular complexity index is 1210. The third-order valence-corrected chi connectivity index (χ3v) is 7.82. The lowest BCUT2D eigenvalue weighted by Gasteiger charge is -2.32. The molecule has 2 aromatic heterocycles. The Balaban J connectivity index is 1.28. The molecule has 3 heterocycles. The Kier molecular flexibility index (Phi) is 8.48. The van der Waals surface area contributed by atoms with Gasteiger partial charge in [-0.3, -0.25) is 15.2 Å². The minimum absolute atomic E-state index is 0.0317. The number of benzene rings is 1. The first kappa shape index (κ1) is 25.3. The molecule has 0 radical (unpaired) electrons. The summed E-state index contributed by atoms with van der Waals surface area (Å²) in [6.45, 7) is 3.69. The number of piperidine rings is 1. The molecule has 0 saturated carbocycles. The maximum Gasteiger partial charge on any atom is 0.223 e. The number of rotatable bonds is 6. The lowest BCUT2D eigenvalue weighted by molar-refractivity contribution is -0.126. The fourth-order valence-corrected chi connectivity index (χ4v) is 5.36. The molecule has 1 saturated heterocycles. The van der Waals surface area contributed by atoms with E-state index in [1.807, 2.05) is 53.6 Å². The molecule has 3 N–H and O–H groups in total. The molecule has 0 bridgehead atoms. The van der Waals surface area contributed by atoms with Gasteiger partial charge in [-0.2, -0.15) is 5.10 Å². The van der Waals surface area contributed by atoms with Gasteiger partial charge < -0.3 is 15.3 Å². The van der Waals surface area contributed by atoms with Crippen molar-refractivity contribution < 1.29 is 9.90 Å². The number of carbonyl (C=O) groups is 1. The smallest absolute Gasteiger partial charge is 0.223 e. The molecule has 3 aromatic rings. The second-order valence-corrected chi connectivity index (χ2v) is 10.5. The predicted octanol–water partition coefficient (Wildman–Crippen LogP) is 4.91. The van der Waals surface area contributed by atoms with Crippen molar-refractivity contribution >= 4 is 56.2 Å². The van der Waals surface area contributed by atoms with Gasteiger partial charge in [-0.15, -0.1) is 11.3 Å². The second-order valence-electron chi connectivity index (χ2n) is 8.29. The number of aromatic nitrogens is 1. The number of carbonyl (C=O) groups excluding carboxylic acids is 1. The number of nitrogens with zero attached hydrogens (tertiary/aromatic N) is 3. The van der Waals surface area contributed by atoms with Crippen LogP contribution < -0.4 is 10.7 Å². The quantitative estimate of drug-likeness (QED) is 0.221. The first-order chi connectivity index (χ1) is 16.9. The second kappa shape index (κ2) is 11.7. The fraction of sp³-hybridized carbons (Fsp3) is 0.280. The van der Waals surface area contributed by atoms with Crippen LogP contribution in [0.2, 0.25) is 0 Å². The van der Waals surface area contributed by atoms with E-state index in [2.05, 4.69) is 36.8 Å². The Labute approximate surface area is 222 Å². The molecule has 7 nitrogen and oxygen atoms in total. The number of nitrogens with one attached hydrogen (secondary N) is 2. The minimum Gasteiger partial charge on any atom is -0.506 e. The number of hydrogen-bond acceptors (Lipinski definition) is 6. The third-order valence-electron chi connectivity index (χ3n) is 5.92. The highest BCUT2D eigenvalue weighted by Gasteiger charge is 2.26. The highest BCUT2D eigenvalue weighted by molar-refractivity contribution is 9.10. The molecule has 0 aliphatic carbocycles. The van der Waals surface area contributed by atoms with Crippen molar-refractivity contribution in [2.45, 2.75) is 26.3 Å². The summed E-state index contributed by atoms with van der Waals surface area (Å²) in [5, 5.41) is 20.6. The first-order valence-electron chi connectivity index (χ1n) is 11.2. The molecule has 0 unspecified atom stereocenters. The van der Waals surface area contributed by atoms with Gasteiger partial charge in [0.05, 0.1) is 16.2 Å². The zero-order chi connectivity index (χ0) is 24.8. The van der Waals surface area contributed by atoms with E-state index >= 15 is 0 Å². The number of pyridine rings is 1. The summed E-state index contributed by atoms with van der Waals surface area (Å²) in [4.78, 5) is 19.4. The number of thiophene rings is 1. The van der Waals surface area contributed by atoms with E-state index in [4.69, 9.17) is 12.2 Å². The van der Waals surface area contributed by atoms with Crippen LogP contribution in [0.5, 0.6) is 5.75 Å². The van der Waals surface area contributed by atoms with E-state index < -0.39 is 0 Å². The van der Waals surface area contributed by atoms with E-state index in [0.29, 0.717) is 36.0 Å². The number of hydrazone groups is 1. The SMILES string of the molecule is CC(=NNC(=S)N1CCC(C(=O)NCc2cccnc2)CC1)c1csc(-c2ccc(Br)cc2)c1O. The van der Waals surface area contributed by atoms with E-state index in [1.54, 1.807) is 12.4 Å². The van der Waals surface area contributed by atoms with Gasteiger partial charge in [-0.25, -0.2) is 0 Å². The monoisotopic (exact) mass is 571 g/mol. The van der Waals surface area contributed by atoms with Crippen LogP contribution in [0.4, 0.5) is 0 Å². The van der Waals surface area contributed by atoms with Crippen molar-refractivity contribution in [3.8, 4) is 16.2 Å². The zero-order valence-electron chi connectivity index (χ0n) is 19.2. The molecule has 1 aromatic carbocycles. The molecule has 1 aliphatic heterocycles. The predicted molar refractivity (Wildman–Crippen MR) is 147 cm³/mol. The average molecular weight is 573 g/mol. The Morgan fingerprint density at radius 2 is 2.03 bits per heavy atom. The third kappa shape index (κ3) is 6.45. The standard InChI is InChI=1S/C25H26BrN5O2S2/c1-16(21-15-35-23(22(21)32)18-4-6-20(26)7-5-18)29-30-25(34)31-11-8-19(9-12-31)24(33)28-14-17-3-2-10-27-13-17/h2-7,10,13,15,19,32H,8-9,11-12,14H2,1H3,(H,28,33)(H,30,34). The van der Waals surface area contributed by atoms with Crippen LogP contribution >= 0.6 is 39.5 Å². The van der Waals surface area contributed by atoms with Gasteiger partial charge in [0.25, 0.3) is 0 Å². The molecule has 1 fully saturated rings. The molecule has 4 rings (SSSR count). The van der Waals surface area contributed by atoms with Crippen LogP contribution in [0.1, 0.15) is 30.9 Å². The number of likely N-dealkylation sites (tertiary alicyclic amines) is 1. The number of thiocarbonyl (C=S) groups is 1. The summed E-state index contributed by atoms with van der Waals surface area (Å²) in [5.41, 5.74) is 6.20. The first-order valence-corrected chi connectivity index (χ1v) is 13.3. The zero-order valence-corrected chi connectivity index (χ0v) is 22.4. The van der Waals surface area contributed by atoms with Crippen molar-refractivity contribution in [1.29, 1.82) is 0 Å². The topological polar surface area (TPSA) is 89.9 Å². The molecular formula is C25H26BrN5O2S2. The molecular weight excluding hydrogens is 546 g/mol. The van der Waals surface area contributed by atoms with Crippen molar-refractivity contribution in [2.24, 2.45) is 11.0 Å².